The summed E-state index contributed by atoms with van der Waals surface area (Å²) >= 11 is 0. The molecule has 2 atom stereocenters. The van der Waals surface area contributed by atoms with E-state index in [1.807, 2.05) is 0 Å². The third-order valence-corrected chi connectivity index (χ3v) is 5.50. The molecule has 0 aromatic carbocycles. The van der Waals surface area contributed by atoms with Gasteiger partial charge in [0.25, 0.3) is 5.91 Å². The average Bonchev–Trinajstić information content (AvgIpc) is 3.13. The minimum atomic E-state index is -1.55. The number of amides is 2. The molecule has 6 heteroatoms. The number of hydrogen-bond donors (Lipinski definition) is 1. The fourth-order valence-corrected chi connectivity index (χ4v) is 4.33. The van der Waals surface area contributed by atoms with Crippen LogP contribution in [0, 0.1) is 5.92 Å². The molecule has 0 aromatic rings. The second kappa shape index (κ2) is 5.99. The zero-order valence-corrected chi connectivity index (χ0v) is 12.9. The lowest BCUT2D eigenvalue weighted by molar-refractivity contribution is -0.158. The molecule has 0 bridgehead atoms. The molecule has 6 nitrogen and oxygen atoms in total. The van der Waals surface area contributed by atoms with Gasteiger partial charge < -0.3 is 15.4 Å². The molecule has 0 spiro atoms. The molecule has 2 aliphatic heterocycles. The van der Waals surface area contributed by atoms with Gasteiger partial charge in [-0.25, -0.2) is 0 Å². The quantitative estimate of drug-likeness (QED) is 0.777. The lowest BCUT2D eigenvalue weighted by atomic mass is 9.81. The smallest absolute Gasteiger partial charge is 0.254 e. The summed E-state index contributed by atoms with van der Waals surface area (Å²) in [6, 6.07) is 0. The maximum Gasteiger partial charge on any atom is 0.254 e. The van der Waals surface area contributed by atoms with E-state index in [1.165, 1.54) is 30.6 Å². The monoisotopic (exact) mass is 308 g/mol. The van der Waals surface area contributed by atoms with Crippen molar-refractivity contribution in [2.45, 2.75) is 63.0 Å². The number of nitrogens with two attached hydrogens (primary N) is 1. The Morgan fingerprint density at radius 3 is 2.64 bits per heavy atom. The Bertz CT molecular complexity index is 487. The average molecular weight is 308 g/mol. The van der Waals surface area contributed by atoms with E-state index in [1.54, 1.807) is 0 Å². The normalized spacial score (nSPS) is 32.3. The van der Waals surface area contributed by atoms with Gasteiger partial charge in [0.05, 0.1) is 6.10 Å². The highest BCUT2D eigenvalue weighted by atomic mass is 16.5. The van der Waals surface area contributed by atoms with Gasteiger partial charge in [-0.15, -0.1) is 0 Å². The van der Waals surface area contributed by atoms with E-state index in [2.05, 4.69) is 0 Å². The highest BCUT2D eigenvalue weighted by molar-refractivity contribution is 6.14. The Balaban J connectivity index is 1.76. The zero-order chi connectivity index (χ0) is 15.7. The largest absolute Gasteiger partial charge is 0.367 e. The van der Waals surface area contributed by atoms with Crippen LogP contribution in [-0.4, -0.2) is 47.3 Å². The van der Waals surface area contributed by atoms with Crippen molar-refractivity contribution in [2.24, 2.45) is 11.7 Å². The van der Waals surface area contributed by atoms with Crippen LogP contribution >= 0.6 is 0 Å². The number of ketones is 1. The molecule has 22 heavy (non-hydrogen) atoms. The number of likely N-dealkylation sites (tertiary alicyclic amines) is 1. The van der Waals surface area contributed by atoms with Gasteiger partial charge in [0.1, 0.15) is 6.61 Å². The first-order valence-corrected chi connectivity index (χ1v) is 8.32. The molecule has 2 amide bonds. The fourth-order valence-electron chi connectivity index (χ4n) is 4.33. The standard InChI is InChI=1S/C16H24N2O4/c17-15(21)16-12(19)10-22-13(16)6-3-9-18(16)14(20)8-7-11-4-1-2-5-11/h11,13H,1-10H2,(H2,17,21)/t13-,16?/m0/s1. The van der Waals surface area contributed by atoms with Crippen LogP contribution in [0.15, 0.2) is 0 Å². The first-order chi connectivity index (χ1) is 10.6. The highest BCUT2D eigenvalue weighted by Gasteiger charge is 2.62. The van der Waals surface area contributed by atoms with Crippen LogP contribution in [0.2, 0.25) is 0 Å². The van der Waals surface area contributed by atoms with Crippen LogP contribution in [-0.2, 0) is 19.1 Å². The topological polar surface area (TPSA) is 89.7 Å². The van der Waals surface area contributed by atoms with E-state index in [0.29, 0.717) is 25.3 Å². The Kier molecular flexibility index (Phi) is 4.21. The van der Waals surface area contributed by atoms with Crippen LogP contribution in [0.1, 0.15) is 51.4 Å². The molecule has 1 saturated carbocycles. The molecule has 1 unspecified atom stereocenters. The van der Waals surface area contributed by atoms with Gasteiger partial charge in [0.15, 0.2) is 5.78 Å². The summed E-state index contributed by atoms with van der Waals surface area (Å²) in [5, 5.41) is 0. The second-order valence-corrected chi connectivity index (χ2v) is 6.73. The van der Waals surface area contributed by atoms with Crippen LogP contribution in [0.3, 0.4) is 0 Å². The first-order valence-electron chi connectivity index (χ1n) is 8.32. The van der Waals surface area contributed by atoms with Crippen LogP contribution in [0.4, 0.5) is 0 Å². The van der Waals surface area contributed by atoms with Crippen molar-refractivity contribution in [1.29, 1.82) is 0 Å². The number of carbonyl (C=O) groups is 3. The molecular weight excluding hydrogens is 284 g/mol. The van der Waals surface area contributed by atoms with Gasteiger partial charge in [0.2, 0.25) is 11.4 Å². The number of Topliss-reactive ketones (excluding diaryl/α,β-unsaturated/α-hetero) is 1. The lowest BCUT2D eigenvalue weighted by Crippen LogP contribution is -2.69. The number of rotatable bonds is 4. The third-order valence-electron chi connectivity index (χ3n) is 5.50. The Labute approximate surface area is 130 Å². The summed E-state index contributed by atoms with van der Waals surface area (Å²) in [4.78, 5) is 38.5. The van der Waals surface area contributed by atoms with Crippen molar-refractivity contribution in [3.05, 3.63) is 0 Å². The van der Waals surface area contributed by atoms with Crippen molar-refractivity contribution in [3.8, 4) is 0 Å². The van der Waals surface area contributed by atoms with Crippen LogP contribution in [0.25, 0.3) is 0 Å². The molecule has 3 rings (SSSR count). The van der Waals surface area contributed by atoms with Crippen molar-refractivity contribution >= 4 is 17.6 Å². The molecule has 3 aliphatic rings. The zero-order valence-electron chi connectivity index (χ0n) is 12.9. The van der Waals surface area contributed by atoms with Gasteiger partial charge in [0, 0.05) is 13.0 Å². The molecule has 2 saturated heterocycles. The maximum atomic E-state index is 12.7. The highest BCUT2D eigenvalue weighted by Crippen LogP contribution is 2.37. The summed E-state index contributed by atoms with van der Waals surface area (Å²) in [5.41, 5.74) is 4.00. The second-order valence-electron chi connectivity index (χ2n) is 6.73. The summed E-state index contributed by atoms with van der Waals surface area (Å²) in [6.07, 6.45) is 6.83. The molecule has 3 fully saturated rings. The van der Waals surface area contributed by atoms with E-state index in [4.69, 9.17) is 10.5 Å². The van der Waals surface area contributed by atoms with Gasteiger partial charge >= 0.3 is 0 Å². The molecule has 122 valence electrons. The lowest BCUT2D eigenvalue weighted by Gasteiger charge is -2.44. The number of carbonyl (C=O) groups excluding carboxylic acids is 3. The summed E-state index contributed by atoms with van der Waals surface area (Å²) in [6.45, 7) is 0.290. The predicted molar refractivity (Wildman–Crippen MR) is 78.8 cm³/mol. The SMILES string of the molecule is NC(=O)C12C(=O)CO[C@H]1CCCN2C(=O)CCC1CCCC1. The number of piperidine rings is 1. The molecular formula is C16H24N2O4. The van der Waals surface area contributed by atoms with Crippen LogP contribution < -0.4 is 5.73 Å². The van der Waals surface area contributed by atoms with Crippen molar-refractivity contribution < 1.29 is 19.1 Å². The van der Waals surface area contributed by atoms with Gasteiger partial charge in [-0.2, -0.15) is 0 Å². The molecule has 2 heterocycles. The summed E-state index contributed by atoms with van der Waals surface area (Å²) in [5.74, 6) is -0.633. The molecule has 2 N–H and O–H groups in total. The van der Waals surface area contributed by atoms with Crippen molar-refractivity contribution in [1.82, 2.24) is 4.90 Å². The van der Waals surface area contributed by atoms with Gasteiger partial charge in [-0.05, 0) is 25.2 Å². The van der Waals surface area contributed by atoms with E-state index in [0.717, 1.165) is 12.8 Å². The Hall–Kier alpha value is -1.43. The number of ether oxygens (including phenoxy) is 1. The Morgan fingerprint density at radius 1 is 1.23 bits per heavy atom. The molecule has 0 radical (unpaired) electrons. The van der Waals surface area contributed by atoms with E-state index >= 15 is 0 Å². The minimum absolute atomic E-state index is 0.125. The number of primary amides is 1. The number of fused-ring (bicyclic) bond motifs is 1. The van der Waals surface area contributed by atoms with Crippen molar-refractivity contribution in [2.75, 3.05) is 13.2 Å². The molecule has 1 aliphatic carbocycles. The van der Waals surface area contributed by atoms with Gasteiger partial charge in [-0.1, -0.05) is 25.7 Å². The van der Waals surface area contributed by atoms with E-state index in [9.17, 15) is 14.4 Å². The summed E-state index contributed by atoms with van der Waals surface area (Å²) in [7, 11) is 0. The predicted octanol–water partition coefficient (Wildman–Crippen LogP) is 0.771. The fraction of sp³-hybridized carbons (Fsp3) is 0.812. The maximum absolute atomic E-state index is 12.7. The number of nitrogens with zero attached hydrogens (tertiary/aromatic N) is 1. The van der Waals surface area contributed by atoms with E-state index in [-0.39, 0.29) is 18.3 Å². The van der Waals surface area contributed by atoms with Crippen molar-refractivity contribution in [3.63, 3.8) is 0 Å². The summed E-state index contributed by atoms with van der Waals surface area (Å²) < 4.78 is 5.45. The minimum Gasteiger partial charge on any atom is -0.367 e. The third kappa shape index (κ3) is 2.33. The molecule has 0 aromatic heterocycles. The first kappa shape index (κ1) is 15.5. The van der Waals surface area contributed by atoms with Crippen LogP contribution in [0.5, 0.6) is 0 Å². The van der Waals surface area contributed by atoms with E-state index < -0.39 is 17.6 Å². The number of hydrogen-bond acceptors (Lipinski definition) is 4. The van der Waals surface area contributed by atoms with Gasteiger partial charge in [-0.3, -0.25) is 14.4 Å². The Morgan fingerprint density at radius 2 is 1.95 bits per heavy atom.